The van der Waals surface area contributed by atoms with Crippen LogP contribution >= 0.6 is 11.6 Å². The second kappa shape index (κ2) is 4.59. The first-order valence-electron chi connectivity index (χ1n) is 6.41. The number of amides is 1. The Morgan fingerprint density at radius 1 is 1.50 bits per heavy atom. The van der Waals surface area contributed by atoms with Crippen LogP contribution in [-0.4, -0.2) is 32.5 Å². The number of aromatic nitrogens is 3. The molecule has 0 bridgehead atoms. The number of H-pyrrole nitrogens is 1. The van der Waals surface area contributed by atoms with Crippen molar-refractivity contribution in [3.63, 3.8) is 0 Å². The molecule has 0 saturated heterocycles. The van der Waals surface area contributed by atoms with E-state index in [1.165, 1.54) is 0 Å². The van der Waals surface area contributed by atoms with Crippen molar-refractivity contribution in [3.8, 4) is 0 Å². The van der Waals surface area contributed by atoms with Gasteiger partial charge in [0.15, 0.2) is 0 Å². The maximum Gasteiger partial charge on any atom is 0.272 e. The van der Waals surface area contributed by atoms with Crippen LogP contribution in [0.3, 0.4) is 0 Å². The van der Waals surface area contributed by atoms with Crippen LogP contribution in [0.25, 0.3) is 0 Å². The van der Waals surface area contributed by atoms with Crippen LogP contribution in [0.15, 0.2) is 24.5 Å². The molecule has 0 unspecified atom stereocenters. The first kappa shape index (κ1) is 13.1. The number of fused-ring (bicyclic) bond motifs is 1. The average molecular weight is 291 g/mol. The fourth-order valence-corrected chi connectivity index (χ4v) is 2.82. The highest BCUT2D eigenvalue weighted by atomic mass is 35.5. The third kappa shape index (κ3) is 2.18. The number of nitrogens with zero attached hydrogens (tertiary/aromatic N) is 3. The Labute approximate surface area is 122 Å². The summed E-state index contributed by atoms with van der Waals surface area (Å²) in [5, 5.41) is 7.63. The van der Waals surface area contributed by atoms with Crippen LogP contribution < -0.4 is 0 Å². The lowest BCUT2D eigenvalue weighted by atomic mass is 9.83. The van der Waals surface area contributed by atoms with Gasteiger partial charge in [0.2, 0.25) is 0 Å². The maximum absolute atomic E-state index is 12.5. The van der Waals surface area contributed by atoms with E-state index in [2.05, 4.69) is 29.0 Å². The fraction of sp³-hybridized carbons (Fsp3) is 0.357. The summed E-state index contributed by atoms with van der Waals surface area (Å²) in [5.74, 6) is -0.104. The van der Waals surface area contributed by atoms with Crippen molar-refractivity contribution in [1.82, 2.24) is 20.1 Å². The third-order valence-corrected chi connectivity index (χ3v) is 3.81. The molecule has 3 rings (SSSR count). The second-order valence-corrected chi connectivity index (χ2v) is 6.11. The highest BCUT2D eigenvalue weighted by molar-refractivity contribution is 6.30. The predicted octanol–water partition coefficient (Wildman–Crippen LogP) is 2.39. The van der Waals surface area contributed by atoms with E-state index in [1.54, 1.807) is 29.4 Å². The van der Waals surface area contributed by atoms with E-state index in [1.807, 2.05) is 0 Å². The molecule has 0 saturated carbocycles. The van der Waals surface area contributed by atoms with Gasteiger partial charge in [-0.1, -0.05) is 25.4 Å². The summed E-state index contributed by atoms with van der Waals surface area (Å²) in [6.45, 7) is 5.35. The molecule has 104 valence electrons. The molecule has 0 aliphatic carbocycles. The van der Waals surface area contributed by atoms with Crippen LogP contribution in [0.4, 0.5) is 0 Å². The number of hydrogen-bond acceptors (Lipinski definition) is 3. The van der Waals surface area contributed by atoms with E-state index in [-0.39, 0.29) is 11.3 Å². The van der Waals surface area contributed by atoms with E-state index >= 15 is 0 Å². The summed E-state index contributed by atoms with van der Waals surface area (Å²) >= 11 is 5.92. The van der Waals surface area contributed by atoms with Gasteiger partial charge in [0.1, 0.15) is 5.69 Å². The maximum atomic E-state index is 12.5. The van der Waals surface area contributed by atoms with Gasteiger partial charge in [-0.15, -0.1) is 0 Å². The van der Waals surface area contributed by atoms with E-state index in [4.69, 9.17) is 11.6 Å². The SMILES string of the molecule is CC1(C)CN(C(=O)c2cc(Cl)ccn2)Cc2cn[nH]c21. The van der Waals surface area contributed by atoms with Gasteiger partial charge in [0.05, 0.1) is 6.20 Å². The largest absolute Gasteiger partial charge is 0.332 e. The van der Waals surface area contributed by atoms with Crippen molar-refractivity contribution < 1.29 is 4.79 Å². The zero-order valence-electron chi connectivity index (χ0n) is 11.4. The number of carbonyl (C=O) groups excluding carboxylic acids is 1. The lowest BCUT2D eigenvalue weighted by Crippen LogP contribution is -2.45. The Hall–Kier alpha value is -1.88. The molecule has 0 aromatic carbocycles. The van der Waals surface area contributed by atoms with Crippen molar-refractivity contribution in [2.45, 2.75) is 25.8 Å². The Kier molecular flexibility index (Phi) is 3.01. The lowest BCUT2D eigenvalue weighted by Gasteiger charge is -2.37. The van der Waals surface area contributed by atoms with E-state index < -0.39 is 0 Å². The van der Waals surface area contributed by atoms with Gasteiger partial charge < -0.3 is 4.90 Å². The molecule has 1 amide bonds. The van der Waals surface area contributed by atoms with Crippen molar-refractivity contribution >= 4 is 17.5 Å². The third-order valence-electron chi connectivity index (χ3n) is 3.57. The smallest absolute Gasteiger partial charge is 0.272 e. The molecule has 2 aromatic heterocycles. The molecule has 5 nitrogen and oxygen atoms in total. The molecular weight excluding hydrogens is 276 g/mol. The zero-order chi connectivity index (χ0) is 14.3. The normalized spacial score (nSPS) is 16.9. The topological polar surface area (TPSA) is 61.9 Å². The van der Waals surface area contributed by atoms with Gasteiger partial charge in [-0.25, -0.2) is 0 Å². The summed E-state index contributed by atoms with van der Waals surface area (Å²) in [7, 11) is 0. The van der Waals surface area contributed by atoms with E-state index in [9.17, 15) is 4.79 Å². The standard InChI is InChI=1S/C14H15ClN4O/c1-14(2)8-19(7-9-6-17-18-12(9)14)13(20)11-5-10(15)3-4-16-11/h3-6H,7-8H2,1-2H3,(H,17,18). The molecule has 0 fully saturated rings. The zero-order valence-corrected chi connectivity index (χ0v) is 12.1. The molecule has 2 aromatic rings. The fourth-order valence-electron chi connectivity index (χ4n) is 2.66. The minimum absolute atomic E-state index is 0.104. The molecule has 0 atom stereocenters. The van der Waals surface area contributed by atoms with Gasteiger partial charge in [0, 0.05) is 41.0 Å². The highest BCUT2D eigenvalue weighted by Crippen LogP contribution is 2.32. The molecule has 3 heterocycles. The minimum Gasteiger partial charge on any atom is -0.332 e. The van der Waals surface area contributed by atoms with Crippen molar-refractivity contribution in [3.05, 3.63) is 46.5 Å². The molecule has 20 heavy (non-hydrogen) atoms. The van der Waals surface area contributed by atoms with Crippen molar-refractivity contribution in [2.75, 3.05) is 6.54 Å². The first-order valence-corrected chi connectivity index (χ1v) is 6.79. The van der Waals surface area contributed by atoms with Crippen LogP contribution in [0.5, 0.6) is 0 Å². The second-order valence-electron chi connectivity index (χ2n) is 5.67. The number of nitrogens with one attached hydrogen (secondary N) is 1. The summed E-state index contributed by atoms with van der Waals surface area (Å²) in [5.41, 5.74) is 2.37. The number of pyridine rings is 1. The van der Waals surface area contributed by atoms with Crippen LogP contribution in [0.1, 0.15) is 35.6 Å². The lowest BCUT2D eigenvalue weighted by molar-refractivity contribution is 0.0678. The average Bonchev–Trinajstić information content (AvgIpc) is 2.86. The molecule has 1 aliphatic rings. The van der Waals surface area contributed by atoms with Crippen molar-refractivity contribution in [1.29, 1.82) is 0 Å². The Balaban J connectivity index is 1.92. The molecule has 0 spiro atoms. The molecule has 1 aliphatic heterocycles. The number of halogens is 1. The summed E-state index contributed by atoms with van der Waals surface area (Å²) < 4.78 is 0. The first-order chi connectivity index (χ1) is 9.47. The number of carbonyl (C=O) groups is 1. The van der Waals surface area contributed by atoms with Crippen molar-refractivity contribution in [2.24, 2.45) is 0 Å². The summed E-state index contributed by atoms with van der Waals surface area (Å²) in [6.07, 6.45) is 3.33. The van der Waals surface area contributed by atoms with Gasteiger partial charge in [-0.05, 0) is 12.1 Å². The highest BCUT2D eigenvalue weighted by Gasteiger charge is 2.35. The molecule has 1 N–H and O–H groups in total. The summed E-state index contributed by atoms with van der Waals surface area (Å²) in [6, 6.07) is 3.26. The van der Waals surface area contributed by atoms with Gasteiger partial charge in [-0.3, -0.25) is 14.9 Å². The van der Waals surface area contributed by atoms with Gasteiger partial charge in [-0.2, -0.15) is 5.10 Å². The van der Waals surface area contributed by atoms with Gasteiger partial charge >= 0.3 is 0 Å². The number of aromatic amines is 1. The molecule has 0 radical (unpaired) electrons. The summed E-state index contributed by atoms with van der Waals surface area (Å²) in [4.78, 5) is 18.4. The quantitative estimate of drug-likeness (QED) is 0.877. The Morgan fingerprint density at radius 3 is 3.05 bits per heavy atom. The van der Waals surface area contributed by atoms with Crippen LogP contribution in [0, 0.1) is 0 Å². The Bertz CT molecular complexity index is 665. The predicted molar refractivity (Wildman–Crippen MR) is 75.6 cm³/mol. The van der Waals surface area contributed by atoms with E-state index in [0.29, 0.717) is 23.8 Å². The number of rotatable bonds is 1. The van der Waals surface area contributed by atoms with E-state index in [0.717, 1.165) is 11.3 Å². The molecular formula is C14H15ClN4O. The number of hydrogen-bond donors (Lipinski definition) is 1. The van der Waals surface area contributed by atoms with Gasteiger partial charge in [0.25, 0.3) is 5.91 Å². The molecule has 6 heteroatoms. The minimum atomic E-state index is -0.154. The monoisotopic (exact) mass is 290 g/mol. The van der Waals surface area contributed by atoms with Crippen LogP contribution in [0.2, 0.25) is 5.02 Å². The Morgan fingerprint density at radius 2 is 2.30 bits per heavy atom. The van der Waals surface area contributed by atoms with Crippen LogP contribution in [-0.2, 0) is 12.0 Å².